The number of aliphatic imine (C=N–C) groups is 1. The van der Waals surface area contributed by atoms with Gasteiger partial charge in [-0.25, -0.2) is 4.99 Å². The molecule has 0 aliphatic carbocycles. The summed E-state index contributed by atoms with van der Waals surface area (Å²) in [4.78, 5) is 15.6. The van der Waals surface area contributed by atoms with E-state index < -0.39 is 0 Å². The Kier molecular flexibility index (Phi) is 3.31. The number of nitrogens with zero attached hydrogens (tertiary/aromatic N) is 1. The molecule has 1 heterocycles. The molecule has 0 spiro atoms. The summed E-state index contributed by atoms with van der Waals surface area (Å²) in [5.74, 6) is -0.167. The minimum Gasteiger partial charge on any atom is -0.300 e. The van der Waals surface area contributed by atoms with Gasteiger partial charge >= 0.3 is 0 Å². The molecule has 0 saturated carbocycles. The second-order valence-corrected chi connectivity index (χ2v) is 4.39. The predicted octanol–water partition coefficient (Wildman–Crippen LogP) is 2.53. The van der Waals surface area contributed by atoms with Crippen molar-refractivity contribution in [2.45, 2.75) is 0 Å². The van der Waals surface area contributed by atoms with Crippen LogP contribution in [0, 0.1) is 0 Å². The van der Waals surface area contributed by atoms with Crippen LogP contribution < -0.4 is 5.32 Å². The molecule has 1 aromatic carbocycles. The molecule has 0 unspecified atom stereocenters. The molecule has 16 heavy (non-hydrogen) atoms. The standard InChI is InChI=1S/C11H9ClN2OS/c1-16-11-13-9(10(15)14-11)6-7-2-4-8(12)5-3-7/h2-6H,1H3,(H,13,14,15). The lowest BCUT2D eigenvalue weighted by Gasteiger charge is -1.94. The van der Waals surface area contributed by atoms with E-state index in [2.05, 4.69) is 10.3 Å². The third-order valence-corrected chi connectivity index (χ3v) is 2.87. The average molecular weight is 253 g/mol. The molecular weight excluding hydrogens is 244 g/mol. The van der Waals surface area contributed by atoms with Crippen molar-refractivity contribution in [2.24, 2.45) is 4.99 Å². The first-order valence-corrected chi connectivity index (χ1v) is 6.20. The Labute approximate surface area is 103 Å². The van der Waals surface area contributed by atoms with E-state index in [0.717, 1.165) is 5.56 Å². The van der Waals surface area contributed by atoms with E-state index in [-0.39, 0.29) is 5.91 Å². The van der Waals surface area contributed by atoms with E-state index in [9.17, 15) is 4.79 Å². The second-order valence-electron chi connectivity index (χ2n) is 3.16. The summed E-state index contributed by atoms with van der Waals surface area (Å²) in [5, 5.41) is 3.97. The van der Waals surface area contributed by atoms with Crippen molar-refractivity contribution in [3.8, 4) is 0 Å². The summed E-state index contributed by atoms with van der Waals surface area (Å²) in [5.41, 5.74) is 1.33. The Morgan fingerprint density at radius 2 is 2.06 bits per heavy atom. The molecule has 0 saturated heterocycles. The number of carbonyl (C=O) groups is 1. The number of amidine groups is 1. The van der Waals surface area contributed by atoms with Crippen molar-refractivity contribution in [1.29, 1.82) is 0 Å². The summed E-state index contributed by atoms with van der Waals surface area (Å²) < 4.78 is 0. The zero-order valence-electron chi connectivity index (χ0n) is 8.53. The largest absolute Gasteiger partial charge is 0.300 e. The van der Waals surface area contributed by atoms with E-state index in [0.29, 0.717) is 15.9 Å². The fourth-order valence-electron chi connectivity index (χ4n) is 1.26. The lowest BCUT2D eigenvalue weighted by atomic mass is 10.2. The van der Waals surface area contributed by atoms with Crippen molar-refractivity contribution in [2.75, 3.05) is 6.26 Å². The molecule has 1 amide bonds. The van der Waals surface area contributed by atoms with Crippen LogP contribution in [-0.4, -0.2) is 17.3 Å². The number of rotatable bonds is 1. The lowest BCUT2D eigenvalue weighted by Crippen LogP contribution is -2.21. The van der Waals surface area contributed by atoms with Gasteiger partial charge in [0.1, 0.15) is 5.70 Å². The smallest absolute Gasteiger partial charge is 0.275 e. The number of hydrogen-bond donors (Lipinski definition) is 1. The number of hydrogen-bond acceptors (Lipinski definition) is 3. The quantitative estimate of drug-likeness (QED) is 0.781. The molecule has 82 valence electrons. The fraction of sp³-hybridized carbons (Fsp3) is 0.0909. The molecule has 0 radical (unpaired) electrons. The van der Waals surface area contributed by atoms with Gasteiger partial charge in [0.25, 0.3) is 5.91 Å². The highest BCUT2D eigenvalue weighted by molar-refractivity contribution is 8.13. The average Bonchev–Trinajstić information content (AvgIpc) is 2.63. The Hall–Kier alpha value is -1.26. The Balaban J connectivity index is 2.28. The van der Waals surface area contributed by atoms with E-state index in [1.54, 1.807) is 18.2 Å². The SMILES string of the molecule is CSC1=NC(=Cc2ccc(Cl)cc2)C(=O)N1. The normalized spacial score (nSPS) is 17.5. The van der Waals surface area contributed by atoms with Crippen LogP contribution in [0.15, 0.2) is 35.0 Å². The minimum atomic E-state index is -0.167. The molecule has 2 rings (SSSR count). The molecule has 1 aromatic rings. The highest BCUT2D eigenvalue weighted by Gasteiger charge is 2.18. The molecule has 3 nitrogen and oxygen atoms in total. The summed E-state index contributed by atoms with van der Waals surface area (Å²) in [6.07, 6.45) is 3.60. The predicted molar refractivity (Wildman–Crippen MR) is 68.5 cm³/mol. The molecule has 0 atom stereocenters. The summed E-state index contributed by atoms with van der Waals surface area (Å²) in [7, 11) is 0. The first-order chi connectivity index (χ1) is 7.69. The van der Waals surface area contributed by atoms with Crippen molar-refractivity contribution in [3.05, 3.63) is 40.5 Å². The van der Waals surface area contributed by atoms with Crippen LogP contribution in [0.4, 0.5) is 0 Å². The highest BCUT2D eigenvalue weighted by atomic mass is 35.5. The van der Waals surface area contributed by atoms with Gasteiger partial charge in [-0.3, -0.25) is 10.1 Å². The van der Waals surface area contributed by atoms with Crippen LogP contribution >= 0.6 is 23.4 Å². The van der Waals surface area contributed by atoms with Gasteiger partial charge in [0.2, 0.25) is 0 Å². The molecule has 0 bridgehead atoms. The van der Waals surface area contributed by atoms with Crippen LogP contribution in [0.5, 0.6) is 0 Å². The minimum absolute atomic E-state index is 0.167. The summed E-state index contributed by atoms with van der Waals surface area (Å²) >= 11 is 7.18. The van der Waals surface area contributed by atoms with Gasteiger partial charge < -0.3 is 0 Å². The molecular formula is C11H9ClN2OS. The number of amides is 1. The van der Waals surface area contributed by atoms with Crippen LogP contribution in [0.25, 0.3) is 6.08 Å². The third-order valence-electron chi connectivity index (χ3n) is 2.04. The van der Waals surface area contributed by atoms with Gasteiger partial charge in [-0.1, -0.05) is 35.5 Å². The van der Waals surface area contributed by atoms with E-state index in [1.165, 1.54) is 11.8 Å². The van der Waals surface area contributed by atoms with Crippen molar-refractivity contribution in [1.82, 2.24) is 5.32 Å². The molecule has 0 aromatic heterocycles. The topological polar surface area (TPSA) is 41.5 Å². The molecule has 1 aliphatic heterocycles. The number of thioether (sulfide) groups is 1. The zero-order chi connectivity index (χ0) is 11.5. The first kappa shape index (κ1) is 11.2. The van der Waals surface area contributed by atoms with Crippen molar-refractivity contribution >= 4 is 40.5 Å². The van der Waals surface area contributed by atoms with E-state index >= 15 is 0 Å². The number of benzene rings is 1. The summed E-state index contributed by atoms with van der Waals surface area (Å²) in [6.45, 7) is 0. The number of carbonyl (C=O) groups excluding carboxylic acids is 1. The van der Waals surface area contributed by atoms with Gasteiger partial charge in [0.05, 0.1) is 0 Å². The Bertz CT molecular complexity index is 479. The maximum Gasteiger partial charge on any atom is 0.275 e. The highest BCUT2D eigenvalue weighted by Crippen LogP contribution is 2.16. The van der Waals surface area contributed by atoms with Gasteiger partial charge in [0, 0.05) is 5.02 Å². The maximum atomic E-state index is 11.5. The van der Waals surface area contributed by atoms with Crippen LogP contribution in [0.1, 0.15) is 5.56 Å². The van der Waals surface area contributed by atoms with Crippen LogP contribution in [0.2, 0.25) is 5.02 Å². The van der Waals surface area contributed by atoms with Gasteiger partial charge in [0.15, 0.2) is 5.17 Å². The monoisotopic (exact) mass is 252 g/mol. The fourth-order valence-corrected chi connectivity index (χ4v) is 1.77. The van der Waals surface area contributed by atoms with Crippen molar-refractivity contribution < 1.29 is 4.79 Å². The Morgan fingerprint density at radius 3 is 2.62 bits per heavy atom. The van der Waals surface area contributed by atoms with Crippen molar-refractivity contribution in [3.63, 3.8) is 0 Å². The second kappa shape index (κ2) is 4.72. The summed E-state index contributed by atoms with van der Waals surface area (Å²) in [6, 6.07) is 7.24. The van der Waals surface area contributed by atoms with Gasteiger partial charge in [-0.05, 0) is 30.0 Å². The third kappa shape index (κ3) is 2.46. The lowest BCUT2D eigenvalue weighted by molar-refractivity contribution is -0.115. The Morgan fingerprint density at radius 1 is 1.38 bits per heavy atom. The number of nitrogens with one attached hydrogen (secondary N) is 1. The zero-order valence-corrected chi connectivity index (χ0v) is 10.1. The molecule has 0 fully saturated rings. The van der Waals surface area contributed by atoms with Crippen LogP contribution in [-0.2, 0) is 4.79 Å². The number of halogens is 1. The molecule has 5 heteroatoms. The van der Waals surface area contributed by atoms with E-state index in [4.69, 9.17) is 11.6 Å². The first-order valence-electron chi connectivity index (χ1n) is 4.60. The maximum absolute atomic E-state index is 11.5. The van der Waals surface area contributed by atoms with Gasteiger partial charge in [-0.15, -0.1) is 0 Å². The van der Waals surface area contributed by atoms with E-state index in [1.807, 2.05) is 18.4 Å². The van der Waals surface area contributed by atoms with Crippen LogP contribution in [0.3, 0.4) is 0 Å². The molecule has 1 N–H and O–H groups in total. The molecule has 1 aliphatic rings. The van der Waals surface area contributed by atoms with Gasteiger partial charge in [-0.2, -0.15) is 0 Å².